The van der Waals surface area contributed by atoms with Gasteiger partial charge in [-0.25, -0.2) is 0 Å². The third-order valence-corrected chi connectivity index (χ3v) is 4.95. The molecule has 3 atom stereocenters. The normalized spacial score (nSPS) is 21.7. The highest BCUT2D eigenvalue weighted by Crippen LogP contribution is 2.43. The SMILES string of the molecule is CO[C@H](C)Oc1ccc2ccccc2c1[C@@H]1CCCC[C@@H]1OC(C)=O. The second-order valence-corrected chi connectivity index (χ2v) is 6.66. The van der Waals surface area contributed by atoms with Crippen molar-refractivity contribution in [3.63, 3.8) is 0 Å². The van der Waals surface area contributed by atoms with Crippen LogP contribution in [-0.2, 0) is 14.3 Å². The van der Waals surface area contributed by atoms with E-state index in [0.29, 0.717) is 0 Å². The lowest BCUT2D eigenvalue weighted by atomic mass is 9.79. The van der Waals surface area contributed by atoms with E-state index in [0.717, 1.165) is 42.4 Å². The summed E-state index contributed by atoms with van der Waals surface area (Å²) in [6.07, 6.45) is 3.67. The Kier molecular flexibility index (Phi) is 5.59. The summed E-state index contributed by atoms with van der Waals surface area (Å²) in [5.74, 6) is 0.741. The van der Waals surface area contributed by atoms with Crippen LogP contribution in [0.25, 0.3) is 10.8 Å². The van der Waals surface area contributed by atoms with Crippen LogP contribution in [0.3, 0.4) is 0 Å². The largest absolute Gasteiger partial charge is 0.465 e. The van der Waals surface area contributed by atoms with Gasteiger partial charge >= 0.3 is 5.97 Å². The van der Waals surface area contributed by atoms with Crippen LogP contribution in [0.5, 0.6) is 5.75 Å². The Balaban J connectivity index is 2.09. The fraction of sp³-hybridized carbons (Fsp3) is 0.476. The summed E-state index contributed by atoms with van der Waals surface area (Å²) < 4.78 is 17.0. The van der Waals surface area contributed by atoms with Crippen LogP contribution in [0.2, 0.25) is 0 Å². The maximum Gasteiger partial charge on any atom is 0.302 e. The molecule has 1 aliphatic rings. The minimum absolute atomic E-state index is 0.0998. The number of benzene rings is 2. The number of carbonyl (C=O) groups is 1. The summed E-state index contributed by atoms with van der Waals surface area (Å²) in [5, 5.41) is 2.33. The van der Waals surface area contributed by atoms with Crippen molar-refractivity contribution < 1.29 is 19.0 Å². The molecule has 1 saturated carbocycles. The van der Waals surface area contributed by atoms with Crippen molar-refractivity contribution in [3.8, 4) is 5.75 Å². The number of carbonyl (C=O) groups excluding carboxylic acids is 1. The molecule has 1 aliphatic carbocycles. The monoisotopic (exact) mass is 342 g/mol. The third kappa shape index (κ3) is 3.96. The molecule has 4 heteroatoms. The molecule has 3 rings (SSSR count). The van der Waals surface area contributed by atoms with Crippen LogP contribution in [0.15, 0.2) is 36.4 Å². The molecule has 2 aromatic carbocycles. The first kappa shape index (κ1) is 17.7. The fourth-order valence-corrected chi connectivity index (χ4v) is 3.77. The van der Waals surface area contributed by atoms with Crippen LogP contribution < -0.4 is 4.74 Å². The smallest absolute Gasteiger partial charge is 0.302 e. The van der Waals surface area contributed by atoms with E-state index >= 15 is 0 Å². The van der Waals surface area contributed by atoms with Crippen molar-refractivity contribution in [3.05, 3.63) is 42.0 Å². The van der Waals surface area contributed by atoms with E-state index in [1.54, 1.807) is 7.11 Å². The first-order valence-electron chi connectivity index (χ1n) is 8.98. The molecule has 4 nitrogen and oxygen atoms in total. The first-order valence-corrected chi connectivity index (χ1v) is 8.98. The molecule has 0 unspecified atom stereocenters. The number of methoxy groups -OCH3 is 1. The predicted octanol–water partition coefficient (Wildman–Crippen LogP) is 4.80. The van der Waals surface area contributed by atoms with E-state index in [1.807, 2.05) is 25.1 Å². The molecule has 0 bridgehead atoms. The molecule has 0 aliphatic heterocycles. The van der Waals surface area contributed by atoms with Crippen molar-refractivity contribution in [2.24, 2.45) is 0 Å². The lowest BCUT2D eigenvalue weighted by Gasteiger charge is -2.33. The molecule has 0 N–H and O–H groups in total. The van der Waals surface area contributed by atoms with Gasteiger partial charge in [-0.15, -0.1) is 0 Å². The third-order valence-electron chi connectivity index (χ3n) is 4.95. The van der Waals surface area contributed by atoms with Gasteiger partial charge < -0.3 is 14.2 Å². The van der Waals surface area contributed by atoms with Gasteiger partial charge in [-0.05, 0) is 43.0 Å². The average molecular weight is 342 g/mol. The highest BCUT2D eigenvalue weighted by atomic mass is 16.7. The van der Waals surface area contributed by atoms with Gasteiger partial charge in [-0.2, -0.15) is 0 Å². The second-order valence-electron chi connectivity index (χ2n) is 6.66. The molecule has 0 radical (unpaired) electrons. The predicted molar refractivity (Wildman–Crippen MR) is 97.8 cm³/mol. The molecule has 1 fully saturated rings. The maximum absolute atomic E-state index is 11.6. The zero-order valence-corrected chi connectivity index (χ0v) is 15.2. The Hall–Kier alpha value is -2.07. The van der Waals surface area contributed by atoms with Crippen molar-refractivity contribution in [1.29, 1.82) is 0 Å². The van der Waals surface area contributed by atoms with E-state index in [4.69, 9.17) is 14.2 Å². The van der Waals surface area contributed by atoms with Gasteiger partial charge in [-0.3, -0.25) is 4.79 Å². The van der Waals surface area contributed by atoms with E-state index in [-0.39, 0.29) is 24.3 Å². The maximum atomic E-state index is 11.6. The van der Waals surface area contributed by atoms with Crippen LogP contribution >= 0.6 is 0 Å². The molecule has 134 valence electrons. The summed E-state index contributed by atoms with van der Waals surface area (Å²) in [6, 6.07) is 12.4. The number of hydrogen-bond acceptors (Lipinski definition) is 4. The average Bonchev–Trinajstić information content (AvgIpc) is 2.61. The zero-order valence-electron chi connectivity index (χ0n) is 15.2. The number of fused-ring (bicyclic) bond motifs is 1. The molecule has 0 spiro atoms. The van der Waals surface area contributed by atoms with Crippen LogP contribution in [0.1, 0.15) is 51.0 Å². The van der Waals surface area contributed by atoms with Crippen molar-refractivity contribution in [2.75, 3.05) is 7.11 Å². The van der Waals surface area contributed by atoms with Gasteiger partial charge in [0.05, 0.1) is 0 Å². The van der Waals surface area contributed by atoms with E-state index < -0.39 is 0 Å². The Bertz CT molecular complexity index is 740. The van der Waals surface area contributed by atoms with Crippen molar-refractivity contribution >= 4 is 16.7 Å². The van der Waals surface area contributed by atoms with Gasteiger partial charge in [0.15, 0.2) is 6.29 Å². The summed E-state index contributed by atoms with van der Waals surface area (Å²) in [6.45, 7) is 3.36. The molecule has 0 amide bonds. The van der Waals surface area contributed by atoms with Crippen LogP contribution in [0.4, 0.5) is 0 Å². The molecule has 0 saturated heterocycles. The molecular formula is C21H26O4. The summed E-state index contributed by atoms with van der Waals surface area (Å²) >= 11 is 0. The van der Waals surface area contributed by atoms with E-state index in [1.165, 1.54) is 12.3 Å². The van der Waals surface area contributed by atoms with Crippen molar-refractivity contribution in [2.45, 2.75) is 57.8 Å². The summed E-state index contributed by atoms with van der Waals surface area (Å²) in [5.41, 5.74) is 1.13. The summed E-state index contributed by atoms with van der Waals surface area (Å²) in [4.78, 5) is 11.6. The zero-order chi connectivity index (χ0) is 17.8. The number of hydrogen-bond donors (Lipinski definition) is 0. The first-order chi connectivity index (χ1) is 12.1. The quantitative estimate of drug-likeness (QED) is 0.578. The lowest BCUT2D eigenvalue weighted by Crippen LogP contribution is -2.29. The topological polar surface area (TPSA) is 44.8 Å². The van der Waals surface area contributed by atoms with Crippen molar-refractivity contribution in [1.82, 2.24) is 0 Å². The van der Waals surface area contributed by atoms with Gasteiger partial charge in [-0.1, -0.05) is 36.8 Å². The van der Waals surface area contributed by atoms with Crippen LogP contribution in [-0.4, -0.2) is 25.5 Å². The molecule has 0 heterocycles. The van der Waals surface area contributed by atoms with Gasteiger partial charge in [0.2, 0.25) is 0 Å². The Morgan fingerprint density at radius 2 is 1.88 bits per heavy atom. The molecule has 2 aromatic rings. The Morgan fingerprint density at radius 1 is 1.12 bits per heavy atom. The van der Waals surface area contributed by atoms with Gasteiger partial charge in [0.1, 0.15) is 11.9 Å². The van der Waals surface area contributed by atoms with Crippen LogP contribution in [0, 0.1) is 0 Å². The minimum atomic E-state index is -0.337. The van der Waals surface area contributed by atoms with E-state index in [9.17, 15) is 4.79 Å². The van der Waals surface area contributed by atoms with E-state index in [2.05, 4.69) is 18.2 Å². The van der Waals surface area contributed by atoms with Gasteiger partial charge in [0, 0.05) is 25.5 Å². The Labute approximate surface area is 149 Å². The minimum Gasteiger partial charge on any atom is -0.465 e. The Morgan fingerprint density at radius 3 is 2.64 bits per heavy atom. The molecular weight excluding hydrogens is 316 g/mol. The highest BCUT2D eigenvalue weighted by Gasteiger charge is 2.32. The number of rotatable bonds is 5. The highest BCUT2D eigenvalue weighted by molar-refractivity contribution is 5.88. The standard InChI is InChI=1S/C21H26O4/c1-14(22)24-19-11-7-6-10-18(19)21-17-9-5-4-8-16(17)12-13-20(21)25-15(2)23-3/h4-5,8-9,12-13,15,18-19H,6-7,10-11H2,1-3H3/t15-,18+,19-/m0/s1. The molecule has 0 aromatic heterocycles. The number of esters is 1. The fourth-order valence-electron chi connectivity index (χ4n) is 3.77. The summed E-state index contributed by atoms with van der Waals surface area (Å²) in [7, 11) is 1.63. The lowest BCUT2D eigenvalue weighted by molar-refractivity contribution is -0.148. The van der Waals surface area contributed by atoms with Gasteiger partial charge in [0.25, 0.3) is 0 Å². The molecule has 25 heavy (non-hydrogen) atoms. The second kappa shape index (κ2) is 7.87. The number of ether oxygens (including phenoxy) is 3.